The Morgan fingerprint density at radius 2 is 1.78 bits per heavy atom. The standard InChI is InChI=1S/C20H20N4O2.ClH/c25-20(17-7-4-12-21-17)22-13-18-23-19(24-26-18)16-10-8-15(9-11-16)14-5-2-1-3-6-14;/h1-3,5-6,8-11,17,21H,4,7,12-13H2,(H,22,25);1H. The number of benzene rings is 2. The molecule has 1 amide bonds. The fourth-order valence-electron chi connectivity index (χ4n) is 3.08. The maximum Gasteiger partial charge on any atom is 0.246 e. The summed E-state index contributed by atoms with van der Waals surface area (Å²) in [7, 11) is 0. The summed E-state index contributed by atoms with van der Waals surface area (Å²) in [5.41, 5.74) is 3.17. The third-order valence-corrected chi connectivity index (χ3v) is 4.51. The summed E-state index contributed by atoms with van der Waals surface area (Å²) in [6, 6.07) is 18.1. The third-order valence-electron chi connectivity index (χ3n) is 4.51. The van der Waals surface area contributed by atoms with Crippen LogP contribution in [0.1, 0.15) is 18.7 Å². The lowest BCUT2D eigenvalue weighted by Gasteiger charge is -2.08. The number of hydrogen-bond donors (Lipinski definition) is 2. The zero-order chi connectivity index (χ0) is 17.8. The molecular weight excluding hydrogens is 364 g/mol. The smallest absolute Gasteiger partial charge is 0.246 e. The average Bonchev–Trinajstić information content (AvgIpc) is 3.39. The van der Waals surface area contributed by atoms with Gasteiger partial charge in [-0.1, -0.05) is 59.8 Å². The van der Waals surface area contributed by atoms with Crippen LogP contribution in [0.5, 0.6) is 0 Å². The predicted molar refractivity (Wildman–Crippen MR) is 105 cm³/mol. The molecule has 1 atom stereocenters. The van der Waals surface area contributed by atoms with Crippen molar-refractivity contribution in [3.63, 3.8) is 0 Å². The van der Waals surface area contributed by atoms with Gasteiger partial charge in [-0.05, 0) is 30.5 Å². The second kappa shape index (κ2) is 8.79. The van der Waals surface area contributed by atoms with E-state index < -0.39 is 0 Å². The van der Waals surface area contributed by atoms with Gasteiger partial charge in [0, 0.05) is 5.56 Å². The van der Waals surface area contributed by atoms with Gasteiger partial charge in [-0.15, -0.1) is 12.4 Å². The fourth-order valence-corrected chi connectivity index (χ4v) is 3.08. The number of rotatable bonds is 5. The monoisotopic (exact) mass is 384 g/mol. The molecule has 2 aromatic carbocycles. The number of carbonyl (C=O) groups is 1. The van der Waals surface area contributed by atoms with E-state index in [1.54, 1.807) is 0 Å². The molecule has 140 valence electrons. The molecule has 0 bridgehead atoms. The highest BCUT2D eigenvalue weighted by atomic mass is 35.5. The Hall–Kier alpha value is -2.70. The zero-order valence-corrected chi connectivity index (χ0v) is 15.5. The van der Waals surface area contributed by atoms with Gasteiger partial charge in [-0.25, -0.2) is 0 Å². The van der Waals surface area contributed by atoms with Gasteiger partial charge in [0.15, 0.2) is 0 Å². The molecule has 2 heterocycles. The molecule has 1 aliphatic rings. The molecule has 2 N–H and O–H groups in total. The van der Waals surface area contributed by atoms with Gasteiger partial charge in [0.05, 0.1) is 12.6 Å². The molecule has 0 radical (unpaired) electrons. The molecule has 7 heteroatoms. The second-order valence-electron chi connectivity index (χ2n) is 6.32. The number of nitrogens with zero attached hydrogens (tertiary/aromatic N) is 2. The van der Waals surface area contributed by atoms with Gasteiger partial charge >= 0.3 is 0 Å². The van der Waals surface area contributed by atoms with Gasteiger partial charge in [0.25, 0.3) is 0 Å². The maximum atomic E-state index is 12.0. The molecule has 1 unspecified atom stereocenters. The van der Waals surface area contributed by atoms with E-state index in [1.165, 1.54) is 0 Å². The number of aromatic nitrogens is 2. The van der Waals surface area contributed by atoms with Crippen molar-refractivity contribution in [3.05, 3.63) is 60.5 Å². The lowest BCUT2D eigenvalue weighted by Crippen LogP contribution is -2.40. The SMILES string of the molecule is Cl.O=C(NCc1nc(-c2ccc(-c3ccccc3)cc2)no1)C1CCCN1. The number of halogens is 1. The van der Waals surface area contributed by atoms with E-state index in [9.17, 15) is 4.79 Å². The highest BCUT2D eigenvalue weighted by Crippen LogP contribution is 2.23. The number of hydrogen-bond acceptors (Lipinski definition) is 5. The van der Waals surface area contributed by atoms with Crippen LogP contribution in [0.4, 0.5) is 0 Å². The second-order valence-corrected chi connectivity index (χ2v) is 6.32. The zero-order valence-electron chi connectivity index (χ0n) is 14.7. The minimum Gasteiger partial charge on any atom is -0.346 e. The van der Waals surface area contributed by atoms with E-state index in [-0.39, 0.29) is 30.9 Å². The molecule has 6 nitrogen and oxygen atoms in total. The minimum atomic E-state index is -0.108. The van der Waals surface area contributed by atoms with E-state index >= 15 is 0 Å². The van der Waals surface area contributed by atoms with Crippen molar-refractivity contribution in [2.45, 2.75) is 25.4 Å². The molecule has 0 saturated carbocycles. The summed E-state index contributed by atoms with van der Waals surface area (Å²) >= 11 is 0. The van der Waals surface area contributed by atoms with Crippen LogP contribution in [0, 0.1) is 0 Å². The number of carbonyl (C=O) groups excluding carboxylic acids is 1. The predicted octanol–water partition coefficient (Wildman–Crippen LogP) is 3.19. The quantitative estimate of drug-likeness (QED) is 0.706. The topological polar surface area (TPSA) is 80.1 Å². The molecule has 0 aliphatic carbocycles. The Kier molecular flexibility index (Phi) is 6.21. The van der Waals surface area contributed by atoms with Gasteiger partial charge in [-0.2, -0.15) is 4.98 Å². The lowest BCUT2D eigenvalue weighted by molar-refractivity contribution is -0.123. The first-order valence-corrected chi connectivity index (χ1v) is 8.79. The number of amides is 1. The molecule has 1 aromatic heterocycles. The molecule has 3 aromatic rings. The Morgan fingerprint density at radius 3 is 2.48 bits per heavy atom. The molecular formula is C20H21ClN4O2. The summed E-state index contributed by atoms with van der Waals surface area (Å²) in [6.45, 7) is 1.13. The summed E-state index contributed by atoms with van der Waals surface area (Å²) < 4.78 is 5.25. The molecule has 1 saturated heterocycles. The average molecular weight is 385 g/mol. The summed E-state index contributed by atoms with van der Waals surface area (Å²) in [4.78, 5) is 16.4. The first-order valence-electron chi connectivity index (χ1n) is 8.79. The van der Waals surface area contributed by atoms with Gasteiger partial charge in [0.1, 0.15) is 0 Å². The van der Waals surface area contributed by atoms with E-state index in [4.69, 9.17) is 4.52 Å². The van der Waals surface area contributed by atoms with Crippen molar-refractivity contribution in [2.75, 3.05) is 6.54 Å². The van der Waals surface area contributed by atoms with E-state index in [0.717, 1.165) is 36.1 Å². The van der Waals surface area contributed by atoms with Gasteiger partial charge < -0.3 is 15.2 Å². The maximum absolute atomic E-state index is 12.0. The van der Waals surface area contributed by atoms with Gasteiger partial charge in [0.2, 0.25) is 17.6 Å². The summed E-state index contributed by atoms with van der Waals surface area (Å²) in [5, 5.41) is 10.0. The van der Waals surface area contributed by atoms with Crippen LogP contribution in [-0.4, -0.2) is 28.6 Å². The van der Waals surface area contributed by atoms with Crippen LogP contribution in [-0.2, 0) is 11.3 Å². The Labute approximate surface area is 163 Å². The molecule has 1 fully saturated rings. The molecule has 1 aliphatic heterocycles. The molecule has 4 rings (SSSR count). The van der Waals surface area contributed by atoms with Crippen molar-refractivity contribution < 1.29 is 9.32 Å². The largest absolute Gasteiger partial charge is 0.346 e. The van der Waals surface area contributed by atoms with Crippen molar-refractivity contribution in [3.8, 4) is 22.5 Å². The van der Waals surface area contributed by atoms with Crippen molar-refractivity contribution in [1.29, 1.82) is 0 Å². The van der Waals surface area contributed by atoms with E-state index in [2.05, 4.69) is 32.9 Å². The van der Waals surface area contributed by atoms with Crippen molar-refractivity contribution >= 4 is 18.3 Å². The molecule has 0 spiro atoms. The van der Waals surface area contributed by atoms with Crippen LogP contribution in [0.25, 0.3) is 22.5 Å². The number of nitrogens with one attached hydrogen (secondary N) is 2. The Balaban J connectivity index is 0.00000210. The lowest BCUT2D eigenvalue weighted by atomic mass is 10.0. The summed E-state index contributed by atoms with van der Waals surface area (Å²) in [6.07, 6.45) is 1.90. The van der Waals surface area contributed by atoms with E-state index in [1.807, 2.05) is 42.5 Å². The van der Waals surface area contributed by atoms with Crippen LogP contribution in [0.3, 0.4) is 0 Å². The third kappa shape index (κ3) is 4.53. The highest BCUT2D eigenvalue weighted by molar-refractivity contribution is 5.85. The van der Waals surface area contributed by atoms with E-state index in [0.29, 0.717) is 11.7 Å². The van der Waals surface area contributed by atoms with Crippen LogP contribution < -0.4 is 10.6 Å². The normalized spacial score (nSPS) is 15.9. The van der Waals surface area contributed by atoms with Crippen molar-refractivity contribution in [1.82, 2.24) is 20.8 Å². The van der Waals surface area contributed by atoms with Crippen molar-refractivity contribution in [2.24, 2.45) is 0 Å². The minimum absolute atomic E-state index is 0. The fraction of sp³-hybridized carbons (Fsp3) is 0.250. The summed E-state index contributed by atoms with van der Waals surface area (Å²) in [5.74, 6) is 0.904. The first kappa shape index (κ1) is 19.1. The van der Waals surface area contributed by atoms with Crippen LogP contribution in [0.15, 0.2) is 59.1 Å². The first-order chi connectivity index (χ1) is 12.8. The van der Waals surface area contributed by atoms with Crippen LogP contribution in [0.2, 0.25) is 0 Å². The Morgan fingerprint density at radius 1 is 1.07 bits per heavy atom. The van der Waals surface area contributed by atoms with Crippen LogP contribution >= 0.6 is 12.4 Å². The van der Waals surface area contributed by atoms with Gasteiger partial charge in [-0.3, -0.25) is 4.79 Å². The Bertz CT molecular complexity index is 875. The highest BCUT2D eigenvalue weighted by Gasteiger charge is 2.22. The molecule has 27 heavy (non-hydrogen) atoms.